The average molecular weight is 345 g/mol. The molecule has 1 aliphatic carbocycles. The zero-order chi connectivity index (χ0) is 17.5. The van der Waals surface area contributed by atoms with Crippen LogP contribution in [-0.2, 0) is 11.3 Å². The molecule has 1 fully saturated rings. The second-order valence-corrected chi connectivity index (χ2v) is 6.68. The second-order valence-electron chi connectivity index (χ2n) is 6.68. The van der Waals surface area contributed by atoms with Crippen LogP contribution in [0.1, 0.15) is 44.9 Å². The van der Waals surface area contributed by atoms with Crippen molar-refractivity contribution in [2.24, 2.45) is 0 Å². The standard InChI is InChI=1S/C18H27N5O2/c24-17(20-12-11-19-15-7-3-1-2-4-8-15)10-14-23-18(25)22-13-6-5-9-16(22)21-23/h5-6,9,13,15,19H,1-4,7-8,10-12,14H2,(H,20,24). The molecule has 2 aromatic rings. The predicted octanol–water partition coefficient (Wildman–Crippen LogP) is 1.31. The number of hydrogen-bond donors (Lipinski definition) is 2. The summed E-state index contributed by atoms with van der Waals surface area (Å²) in [4.78, 5) is 24.1. The fraction of sp³-hybridized carbons (Fsp3) is 0.611. The third-order valence-electron chi connectivity index (χ3n) is 4.77. The third-order valence-corrected chi connectivity index (χ3v) is 4.77. The minimum atomic E-state index is -0.210. The van der Waals surface area contributed by atoms with Crippen molar-refractivity contribution in [2.45, 2.75) is 57.5 Å². The van der Waals surface area contributed by atoms with Gasteiger partial charge in [0.05, 0.1) is 6.54 Å². The highest BCUT2D eigenvalue weighted by atomic mass is 16.2. The van der Waals surface area contributed by atoms with Gasteiger partial charge in [0, 0.05) is 31.7 Å². The Labute approximate surface area is 147 Å². The highest BCUT2D eigenvalue weighted by molar-refractivity contribution is 5.75. The largest absolute Gasteiger partial charge is 0.355 e. The number of carbonyl (C=O) groups excluding carboxylic acids is 1. The van der Waals surface area contributed by atoms with Crippen molar-refractivity contribution in [3.05, 3.63) is 34.9 Å². The smallest absolute Gasteiger partial charge is 0.350 e. The van der Waals surface area contributed by atoms with Gasteiger partial charge in [-0.05, 0) is 25.0 Å². The fourth-order valence-corrected chi connectivity index (χ4v) is 3.37. The van der Waals surface area contributed by atoms with Crippen molar-refractivity contribution in [3.8, 4) is 0 Å². The molecule has 25 heavy (non-hydrogen) atoms. The monoisotopic (exact) mass is 345 g/mol. The number of hydrogen-bond acceptors (Lipinski definition) is 4. The molecule has 0 aliphatic heterocycles. The van der Waals surface area contributed by atoms with Gasteiger partial charge in [0.15, 0.2) is 5.65 Å². The van der Waals surface area contributed by atoms with E-state index in [2.05, 4.69) is 15.7 Å². The SMILES string of the molecule is O=C(CCn1nc2ccccn2c1=O)NCCNC1CCCCCC1. The van der Waals surface area contributed by atoms with Gasteiger partial charge in [-0.3, -0.25) is 9.20 Å². The molecule has 1 aliphatic rings. The first-order chi connectivity index (χ1) is 12.2. The Kier molecular flexibility index (Phi) is 6.22. The summed E-state index contributed by atoms with van der Waals surface area (Å²) in [5, 5.41) is 10.7. The Morgan fingerprint density at radius 1 is 1.16 bits per heavy atom. The highest BCUT2D eigenvalue weighted by Crippen LogP contribution is 2.16. The van der Waals surface area contributed by atoms with Crippen LogP contribution in [0.2, 0.25) is 0 Å². The molecule has 7 nitrogen and oxygen atoms in total. The van der Waals surface area contributed by atoms with Crippen molar-refractivity contribution >= 4 is 11.6 Å². The maximum Gasteiger partial charge on any atom is 0.350 e. The van der Waals surface area contributed by atoms with Crippen LogP contribution < -0.4 is 16.3 Å². The van der Waals surface area contributed by atoms with E-state index in [0.717, 1.165) is 6.54 Å². The van der Waals surface area contributed by atoms with Crippen LogP contribution in [0, 0.1) is 0 Å². The van der Waals surface area contributed by atoms with Gasteiger partial charge in [-0.25, -0.2) is 9.48 Å². The van der Waals surface area contributed by atoms with Crippen LogP contribution in [0.3, 0.4) is 0 Å². The number of fused-ring (bicyclic) bond motifs is 1. The number of carbonyl (C=O) groups is 1. The lowest BCUT2D eigenvalue weighted by Crippen LogP contribution is -2.37. The molecule has 0 atom stereocenters. The van der Waals surface area contributed by atoms with Crippen LogP contribution in [0.5, 0.6) is 0 Å². The van der Waals surface area contributed by atoms with E-state index in [1.165, 1.54) is 47.6 Å². The lowest BCUT2D eigenvalue weighted by molar-refractivity contribution is -0.121. The van der Waals surface area contributed by atoms with Gasteiger partial charge in [0.2, 0.25) is 5.91 Å². The molecular weight excluding hydrogens is 318 g/mol. The van der Waals surface area contributed by atoms with Gasteiger partial charge < -0.3 is 10.6 Å². The molecule has 2 heterocycles. The van der Waals surface area contributed by atoms with E-state index < -0.39 is 0 Å². The number of pyridine rings is 1. The van der Waals surface area contributed by atoms with Gasteiger partial charge in [-0.1, -0.05) is 31.7 Å². The Bertz CT molecular complexity index is 743. The molecule has 0 radical (unpaired) electrons. The molecule has 2 aromatic heterocycles. The predicted molar refractivity (Wildman–Crippen MR) is 96.6 cm³/mol. The topological polar surface area (TPSA) is 80.4 Å². The summed E-state index contributed by atoms with van der Waals surface area (Å²) in [7, 11) is 0. The van der Waals surface area contributed by atoms with Crippen molar-refractivity contribution < 1.29 is 4.79 Å². The van der Waals surface area contributed by atoms with E-state index in [0.29, 0.717) is 24.8 Å². The Morgan fingerprint density at radius 3 is 2.72 bits per heavy atom. The lowest BCUT2D eigenvalue weighted by atomic mass is 10.1. The number of aromatic nitrogens is 3. The van der Waals surface area contributed by atoms with E-state index in [1.807, 2.05) is 6.07 Å². The van der Waals surface area contributed by atoms with Gasteiger partial charge in [0.25, 0.3) is 0 Å². The maximum absolute atomic E-state index is 12.1. The van der Waals surface area contributed by atoms with Gasteiger partial charge >= 0.3 is 5.69 Å². The molecule has 0 spiro atoms. The highest BCUT2D eigenvalue weighted by Gasteiger charge is 2.11. The number of amides is 1. The summed E-state index contributed by atoms with van der Waals surface area (Å²) < 4.78 is 2.83. The Balaban J connectivity index is 1.37. The zero-order valence-electron chi connectivity index (χ0n) is 14.6. The van der Waals surface area contributed by atoms with Crippen molar-refractivity contribution in [1.29, 1.82) is 0 Å². The molecule has 7 heteroatoms. The first-order valence-electron chi connectivity index (χ1n) is 9.28. The molecule has 1 saturated carbocycles. The van der Waals surface area contributed by atoms with Crippen LogP contribution in [0.15, 0.2) is 29.2 Å². The fourth-order valence-electron chi connectivity index (χ4n) is 3.37. The summed E-state index contributed by atoms with van der Waals surface area (Å²) in [5.74, 6) is -0.0494. The van der Waals surface area contributed by atoms with Gasteiger partial charge in [-0.2, -0.15) is 0 Å². The van der Waals surface area contributed by atoms with E-state index in [1.54, 1.807) is 18.3 Å². The van der Waals surface area contributed by atoms with Crippen LogP contribution in [-0.4, -0.2) is 39.2 Å². The number of nitrogens with zero attached hydrogens (tertiary/aromatic N) is 3. The number of nitrogens with one attached hydrogen (secondary N) is 2. The number of aryl methyl sites for hydroxylation is 1. The van der Waals surface area contributed by atoms with E-state index in [9.17, 15) is 9.59 Å². The van der Waals surface area contributed by atoms with E-state index in [-0.39, 0.29) is 18.0 Å². The van der Waals surface area contributed by atoms with Crippen LogP contribution in [0.4, 0.5) is 0 Å². The molecule has 2 N–H and O–H groups in total. The maximum atomic E-state index is 12.1. The Hall–Kier alpha value is -2.15. The second kappa shape index (κ2) is 8.80. The van der Waals surface area contributed by atoms with Crippen LogP contribution >= 0.6 is 0 Å². The van der Waals surface area contributed by atoms with E-state index in [4.69, 9.17) is 0 Å². The molecule has 0 saturated heterocycles. The average Bonchev–Trinajstić information content (AvgIpc) is 2.79. The van der Waals surface area contributed by atoms with Gasteiger partial charge in [0.1, 0.15) is 0 Å². The first kappa shape index (κ1) is 17.7. The molecular formula is C18H27N5O2. The quantitative estimate of drug-likeness (QED) is 0.586. The molecule has 0 unspecified atom stereocenters. The van der Waals surface area contributed by atoms with E-state index >= 15 is 0 Å². The number of rotatable bonds is 7. The Morgan fingerprint density at radius 2 is 1.96 bits per heavy atom. The molecule has 136 valence electrons. The normalized spacial score (nSPS) is 16.0. The third kappa shape index (κ3) is 4.92. The summed E-state index contributed by atoms with van der Waals surface area (Å²) in [6, 6.07) is 5.99. The van der Waals surface area contributed by atoms with Crippen molar-refractivity contribution in [1.82, 2.24) is 24.8 Å². The molecule has 3 rings (SSSR count). The molecule has 1 amide bonds. The lowest BCUT2D eigenvalue weighted by Gasteiger charge is -2.16. The first-order valence-corrected chi connectivity index (χ1v) is 9.28. The molecule has 0 bridgehead atoms. The van der Waals surface area contributed by atoms with Crippen molar-refractivity contribution in [2.75, 3.05) is 13.1 Å². The van der Waals surface area contributed by atoms with Crippen molar-refractivity contribution in [3.63, 3.8) is 0 Å². The summed E-state index contributed by atoms with van der Waals surface area (Å²) in [6.07, 6.45) is 9.72. The summed E-state index contributed by atoms with van der Waals surface area (Å²) in [6.45, 7) is 1.71. The minimum absolute atomic E-state index is 0.0494. The van der Waals surface area contributed by atoms with Gasteiger partial charge in [-0.15, -0.1) is 5.10 Å². The zero-order valence-corrected chi connectivity index (χ0v) is 14.6. The summed E-state index contributed by atoms with van der Waals surface area (Å²) in [5.41, 5.74) is 0.388. The minimum Gasteiger partial charge on any atom is -0.355 e. The van der Waals surface area contributed by atoms with Crippen LogP contribution in [0.25, 0.3) is 5.65 Å². The molecule has 0 aromatic carbocycles. The summed E-state index contributed by atoms with van der Waals surface area (Å²) >= 11 is 0.